The fraction of sp³-hybridized carbons (Fsp3) is 0.650. The highest BCUT2D eigenvalue weighted by atomic mass is 32.2. The maximum absolute atomic E-state index is 12.5. The Labute approximate surface area is 168 Å². The molecule has 2 aliphatic rings. The molecule has 1 unspecified atom stereocenters. The van der Waals surface area contributed by atoms with Crippen LogP contribution in [0.15, 0.2) is 18.2 Å². The Morgan fingerprint density at radius 1 is 1.11 bits per heavy atom. The molecule has 1 aliphatic heterocycles. The lowest BCUT2D eigenvalue weighted by atomic mass is 9.89. The van der Waals surface area contributed by atoms with Crippen LogP contribution in [0.2, 0.25) is 0 Å². The zero-order valence-corrected chi connectivity index (χ0v) is 18.0. The molecular formula is C20H32N4O3S. The molecule has 3 rings (SSSR count). The quantitative estimate of drug-likeness (QED) is 0.767. The van der Waals surface area contributed by atoms with Crippen LogP contribution < -0.4 is 5.32 Å². The predicted octanol–water partition coefficient (Wildman–Crippen LogP) is 1.17. The number of nitrogens with one attached hydrogen (secondary N) is 1. The van der Waals surface area contributed by atoms with Gasteiger partial charge in [-0.2, -0.15) is 17.0 Å². The second-order valence-corrected chi connectivity index (χ2v) is 10.1. The lowest BCUT2D eigenvalue weighted by Crippen LogP contribution is -2.53. The summed E-state index contributed by atoms with van der Waals surface area (Å²) in [6.07, 6.45) is 4.80. The van der Waals surface area contributed by atoms with Gasteiger partial charge in [-0.05, 0) is 49.3 Å². The van der Waals surface area contributed by atoms with E-state index in [0.717, 1.165) is 18.4 Å². The van der Waals surface area contributed by atoms with E-state index in [1.165, 1.54) is 46.7 Å². The molecule has 8 heteroatoms. The molecule has 1 atom stereocenters. The van der Waals surface area contributed by atoms with E-state index in [0.29, 0.717) is 32.7 Å². The van der Waals surface area contributed by atoms with Crippen LogP contribution >= 0.6 is 0 Å². The number of rotatable bonds is 6. The highest BCUT2D eigenvalue weighted by Crippen LogP contribution is 2.24. The van der Waals surface area contributed by atoms with Crippen LogP contribution in [0.4, 0.5) is 0 Å². The Balaban J connectivity index is 1.49. The Bertz CT molecular complexity index is 802. The Hall–Kier alpha value is -1.48. The first-order chi connectivity index (χ1) is 13.3. The summed E-state index contributed by atoms with van der Waals surface area (Å²) in [6.45, 7) is 4.26. The second-order valence-electron chi connectivity index (χ2n) is 7.99. The average Bonchev–Trinajstić information content (AvgIpc) is 2.67. The van der Waals surface area contributed by atoms with Crippen molar-refractivity contribution in [3.8, 4) is 0 Å². The first-order valence-electron chi connectivity index (χ1n) is 10.1. The SMILES string of the molecule is CC(NC(=O)CN1CCN(S(=O)(=O)N(C)C)CC1)c1ccc2c(c1)CCCC2. The third-order valence-corrected chi connectivity index (χ3v) is 7.68. The molecule has 0 spiro atoms. The van der Waals surface area contributed by atoms with Crippen LogP contribution in [0.5, 0.6) is 0 Å². The third-order valence-electron chi connectivity index (χ3n) is 5.74. The molecule has 0 saturated carbocycles. The van der Waals surface area contributed by atoms with E-state index in [2.05, 4.69) is 23.5 Å². The van der Waals surface area contributed by atoms with Crippen molar-refractivity contribution in [2.75, 3.05) is 46.8 Å². The molecule has 0 aromatic heterocycles. The molecule has 156 valence electrons. The van der Waals surface area contributed by atoms with E-state index in [-0.39, 0.29) is 11.9 Å². The maximum atomic E-state index is 12.5. The van der Waals surface area contributed by atoms with Gasteiger partial charge in [0.1, 0.15) is 0 Å². The zero-order chi connectivity index (χ0) is 20.3. The molecule has 1 fully saturated rings. The number of amides is 1. The third kappa shape index (κ3) is 4.92. The van der Waals surface area contributed by atoms with E-state index < -0.39 is 10.2 Å². The summed E-state index contributed by atoms with van der Waals surface area (Å²) >= 11 is 0. The lowest BCUT2D eigenvalue weighted by molar-refractivity contribution is -0.123. The van der Waals surface area contributed by atoms with Crippen LogP contribution in [0, 0.1) is 0 Å². The number of aryl methyl sites for hydroxylation is 2. The molecule has 1 aromatic rings. The van der Waals surface area contributed by atoms with Crippen LogP contribution in [-0.2, 0) is 27.8 Å². The van der Waals surface area contributed by atoms with Gasteiger partial charge in [-0.3, -0.25) is 9.69 Å². The number of piperazine rings is 1. The highest BCUT2D eigenvalue weighted by Gasteiger charge is 2.29. The molecule has 1 amide bonds. The van der Waals surface area contributed by atoms with Gasteiger partial charge in [0.15, 0.2) is 0 Å². The second kappa shape index (κ2) is 8.90. The number of hydrogen-bond acceptors (Lipinski definition) is 4. The van der Waals surface area contributed by atoms with Gasteiger partial charge in [0.05, 0.1) is 12.6 Å². The molecule has 7 nitrogen and oxygen atoms in total. The van der Waals surface area contributed by atoms with Gasteiger partial charge in [0.2, 0.25) is 5.91 Å². The van der Waals surface area contributed by atoms with Crippen molar-refractivity contribution in [2.24, 2.45) is 0 Å². The van der Waals surface area contributed by atoms with Gasteiger partial charge in [0.25, 0.3) is 10.2 Å². The molecule has 1 N–H and O–H groups in total. The Kier molecular flexibility index (Phi) is 6.75. The van der Waals surface area contributed by atoms with Crippen LogP contribution in [0.25, 0.3) is 0 Å². The number of hydrogen-bond donors (Lipinski definition) is 1. The summed E-state index contributed by atoms with van der Waals surface area (Å²) in [5.41, 5.74) is 4.01. The molecule has 0 radical (unpaired) electrons. The number of carbonyl (C=O) groups excluding carboxylic acids is 1. The molecule has 1 saturated heterocycles. The number of nitrogens with zero attached hydrogens (tertiary/aromatic N) is 3. The molecule has 1 heterocycles. The molecule has 0 bridgehead atoms. The lowest BCUT2D eigenvalue weighted by Gasteiger charge is -2.34. The molecular weight excluding hydrogens is 376 g/mol. The van der Waals surface area contributed by atoms with E-state index in [4.69, 9.17) is 0 Å². The maximum Gasteiger partial charge on any atom is 0.281 e. The molecule has 28 heavy (non-hydrogen) atoms. The van der Waals surface area contributed by atoms with Crippen molar-refractivity contribution < 1.29 is 13.2 Å². The fourth-order valence-corrected chi connectivity index (χ4v) is 5.03. The first kappa shape index (κ1) is 21.2. The summed E-state index contributed by atoms with van der Waals surface area (Å²) in [4.78, 5) is 14.5. The minimum Gasteiger partial charge on any atom is -0.348 e. The predicted molar refractivity (Wildman–Crippen MR) is 110 cm³/mol. The van der Waals surface area contributed by atoms with Gasteiger partial charge >= 0.3 is 0 Å². The summed E-state index contributed by atoms with van der Waals surface area (Å²) in [5.74, 6) is -0.0193. The Morgan fingerprint density at radius 2 is 1.75 bits per heavy atom. The van der Waals surface area contributed by atoms with Crippen molar-refractivity contribution in [1.29, 1.82) is 0 Å². The van der Waals surface area contributed by atoms with Gasteiger partial charge in [-0.25, -0.2) is 0 Å². The smallest absolute Gasteiger partial charge is 0.281 e. The van der Waals surface area contributed by atoms with E-state index >= 15 is 0 Å². The van der Waals surface area contributed by atoms with Crippen molar-refractivity contribution in [3.05, 3.63) is 34.9 Å². The van der Waals surface area contributed by atoms with Crippen molar-refractivity contribution in [3.63, 3.8) is 0 Å². The molecule has 1 aliphatic carbocycles. The summed E-state index contributed by atoms with van der Waals surface area (Å²) in [7, 11) is -0.297. The molecule has 1 aromatic carbocycles. The van der Waals surface area contributed by atoms with Crippen molar-refractivity contribution in [2.45, 2.75) is 38.6 Å². The summed E-state index contributed by atoms with van der Waals surface area (Å²) in [6, 6.07) is 6.54. The van der Waals surface area contributed by atoms with Gasteiger partial charge in [0, 0.05) is 40.3 Å². The average molecular weight is 409 g/mol. The topological polar surface area (TPSA) is 73.0 Å². The Morgan fingerprint density at radius 3 is 2.39 bits per heavy atom. The van der Waals surface area contributed by atoms with Crippen LogP contribution in [-0.4, -0.2) is 74.7 Å². The van der Waals surface area contributed by atoms with Crippen LogP contribution in [0.1, 0.15) is 42.5 Å². The fourth-order valence-electron chi connectivity index (χ4n) is 3.95. The van der Waals surface area contributed by atoms with Gasteiger partial charge in [-0.15, -0.1) is 0 Å². The number of benzene rings is 1. The van der Waals surface area contributed by atoms with Crippen molar-refractivity contribution in [1.82, 2.24) is 18.8 Å². The minimum atomic E-state index is -3.38. The van der Waals surface area contributed by atoms with Crippen LogP contribution in [0.3, 0.4) is 0 Å². The minimum absolute atomic E-state index is 0.0193. The largest absolute Gasteiger partial charge is 0.348 e. The van der Waals surface area contributed by atoms with E-state index in [1.54, 1.807) is 0 Å². The zero-order valence-electron chi connectivity index (χ0n) is 17.1. The normalized spacial score (nSPS) is 20.0. The first-order valence-corrected chi connectivity index (χ1v) is 11.5. The van der Waals surface area contributed by atoms with Gasteiger partial charge < -0.3 is 5.32 Å². The van der Waals surface area contributed by atoms with E-state index in [9.17, 15) is 13.2 Å². The van der Waals surface area contributed by atoms with Crippen molar-refractivity contribution >= 4 is 16.1 Å². The number of fused-ring (bicyclic) bond motifs is 1. The highest BCUT2D eigenvalue weighted by molar-refractivity contribution is 7.86. The monoisotopic (exact) mass is 408 g/mol. The summed E-state index contributed by atoms with van der Waals surface area (Å²) in [5, 5.41) is 3.09. The number of carbonyl (C=O) groups is 1. The van der Waals surface area contributed by atoms with E-state index in [1.807, 2.05) is 11.8 Å². The standard InChI is InChI=1S/C20H32N4O3S/c1-16(18-9-8-17-6-4-5-7-19(17)14-18)21-20(25)15-23-10-12-24(13-11-23)28(26,27)22(2)3/h8-9,14,16H,4-7,10-13,15H2,1-3H3,(H,21,25). The van der Waals surface area contributed by atoms with Gasteiger partial charge in [-0.1, -0.05) is 18.2 Å². The summed E-state index contributed by atoms with van der Waals surface area (Å²) < 4.78 is 27.0.